The van der Waals surface area contributed by atoms with Gasteiger partial charge in [0, 0.05) is 17.0 Å². The molecule has 0 bridgehead atoms. The molecule has 1 aromatic carbocycles. The highest BCUT2D eigenvalue weighted by Gasteiger charge is 2.32. The Morgan fingerprint density at radius 1 is 1.25 bits per heavy atom. The van der Waals surface area contributed by atoms with Crippen LogP contribution in [0.5, 0.6) is 0 Å². The van der Waals surface area contributed by atoms with E-state index in [0.717, 1.165) is 40.2 Å². The van der Waals surface area contributed by atoms with Crippen LogP contribution in [0.2, 0.25) is 0 Å². The van der Waals surface area contributed by atoms with Gasteiger partial charge in [-0.2, -0.15) is 0 Å². The summed E-state index contributed by atoms with van der Waals surface area (Å²) >= 11 is 0. The number of nitrogens with zero attached hydrogens (tertiary/aromatic N) is 1. The number of aliphatic hydroxyl groups is 1. The summed E-state index contributed by atoms with van der Waals surface area (Å²) < 4.78 is 2.06. The van der Waals surface area contributed by atoms with Crippen LogP contribution in [-0.4, -0.2) is 20.7 Å². The maximum atomic E-state index is 11.8. The smallest absolute Gasteiger partial charge is 0.337 e. The molecule has 2 N–H and O–H groups in total. The predicted octanol–water partition coefficient (Wildman–Crippen LogP) is 3.69. The van der Waals surface area contributed by atoms with Crippen molar-refractivity contribution in [1.82, 2.24) is 4.57 Å². The maximum absolute atomic E-state index is 11.8. The number of carbonyl (C=O) groups is 1. The molecule has 1 saturated carbocycles. The van der Waals surface area contributed by atoms with E-state index in [1.807, 2.05) is 44.2 Å². The topological polar surface area (TPSA) is 62.5 Å². The summed E-state index contributed by atoms with van der Waals surface area (Å²) in [5, 5.41) is 20.0. The van der Waals surface area contributed by atoms with Crippen molar-refractivity contribution in [2.45, 2.75) is 39.2 Å². The SMILES string of the molecule is Cc1c(C(=O)O)c(C)n(C2=CC(O)c3ccccc32)c1CC1CC1. The Morgan fingerprint density at radius 3 is 2.62 bits per heavy atom. The van der Waals surface area contributed by atoms with Gasteiger partial charge in [-0.3, -0.25) is 0 Å². The van der Waals surface area contributed by atoms with Crippen LogP contribution in [0.1, 0.15) is 57.4 Å². The number of benzene rings is 1. The minimum atomic E-state index is -0.881. The van der Waals surface area contributed by atoms with Gasteiger partial charge < -0.3 is 14.8 Å². The number of aliphatic hydroxyl groups excluding tert-OH is 1. The standard InChI is InChI=1S/C20H21NO3/c1-11-16(9-13-7-8-13)21(12(2)19(11)20(23)24)17-10-18(22)15-6-4-3-5-14(15)17/h3-6,10,13,18,22H,7-9H2,1-2H3,(H,23,24). The number of rotatable bonds is 4. The first-order valence-electron chi connectivity index (χ1n) is 8.42. The quantitative estimate of drug-likeness (QED) is 0.902. The number of hydrogen-bond acceptors (Lipinski definition) is 2. The Morgan fingerprint density at radius 2 is 1.96 bits per heavy atom. The van der Waals surface area contributed by atoms with Gasteiger partial charge in [0.05, 0.1) is 11.3 Å². The van der Waals surface area contributed by atoms with E-state index >= 15 is 0 Å². The third-order valence-corrected chi connectivity index (χ3v) is 5.28. The molecule has 0 radical (unpaired) electrons. The van der Waals surface area contributed by atoms with Crippen LogP contribution < -0.4 is 0 Å². The zero-order valence-electron chi connectivity index (χ0n) is 13.9. The fraction of sp³-hybridized carbons (Fsp3) is 0.350. The van der Waals surface area contributed by atoms with Crippen LogP contribution in [0.3, 0.4) is 0 Å². The van der Waals surface area contributed by atoms with E-state index < -0.39 is 12.1 Å². The normalized spacial score (nSPS) is 19.3. The van der Waals surface area contributed by atoms with Crippen molar-refractivity contribution in [2.24, 2.45) is 5.92 Å². The minimum Gasteiger partial charge on any atom is -0.478 e. The molecule has 1 heterocycles. The van der Waals surface area contributed by atoms with Crippen LogP contribution in [0.25, 0.3) is 5.70 Å². The molecule has 0 saturated heterocycles. The third-order valence-electron chi connectivity index (χ3n) is 5.28. The molecule has 0 amide bonds. The van der Waals surface area contributed by atoms with Gasteiger partial charge in [-0.1, -0.05) is 24.3 Å². The summed E-state index contributed by atoms with van der Waals surface area (Å²) in [6.45, 7) is 3.77. The number of aromatic nitrogens is 1. The Labute approximate surface area is 141 Å². The molecule has 1 atom stereocenters. The summed E-state index contributed by atoms with van der Waals surface area (Å²) in [7, 11) is 0. The van der Waals surface area contributed by atoms with Crippen LogP contribution in [0, 0.1) is 19.8 Å². The van der Waals surface area contributed by atoms with Crippen LogP contribution >= 0.6 is 0 Å². The van der Waals surface area contributed by atoms with E-state index in [4.69, 9.17) is 0 Å². The molecule has 2 aliphatic rings. The predicted molar refractivity (Wildman–Crippen MR) is 92.1 cm³/mol. The molecule has 2 aliphatic carbocycles. The van der Waals surface area contributed by atoms with Crippen molar-refractivity contribution in [3.63, 3.8) is 0 Å². The van der Waals surface area contributed by atoms with Gasteiger partial charge in [0.15, 0.2) is 0 Å². The fourth-order valence-corrected chi connectivity index (χ4v) is 3.89. The minimum absolute atomic E-state index is 0.394. The second-order valence-electron chi connectivity index (χ2n) is 6.90. The Kier molecular flexibility index (Phi) is 3.39. The molecule has 4 heteroatoms. The third kappa shape index (κ3) is 2.21. The Hall–Kier alpha value is -2.33. The lowest BCUT2D eigenvalue weighted by Gasteiger charge is -2.15. The molecule has 0 spiro atoms. The number of fused-ring (bicyclic) bond motifs is 1. The number of aromatic carboxylic acids is 1. The van der Waals surface area contributed by atoms with Crippen LogP contribution in [0.4, 0.5) is 0 Å². The molecule has 4 nitrogen and oxygen atoms in total. The van der Waals surface area contributed by atoms with Gasteiger partial charge in [0.1, 0.15) is 6.10 Å². The van der Waals surface area contributed by atoms with E-state index in [9.17, 15) is 15.0 Å². The summed E-state index contributed by atoms with van der Waals surface area (Å²) in [5.41, 5.74) is 5.83. The van der Waals surface area contributed by atoms with Crippen LogP contribution in [0.15, 0.2) is 30.3 Å². The fourth-order valence-electron chi connectivity index (χ4n) is 3.89. The highest BCUT2D eigenvalue weighted by Crippen LogP contribution is 2.41. The average Bonchev–Trinajstić information content (AvgIpc) is 3.25. The van der Waals surface area contributed by atoms with E-state index in [1.54, 1.807) is 0 Å². The monoisotopic (exact) mass is 323 g/mol. The Bertz CT molecular complexity index is 871. The molecule has 1 fully saturated rings. The van der Waals surface area contributed by atoms with E-state index in [2.05, 4.69) is 4.57 Å². The molecule has 1 unspecified atom stereocenters. The van der Waals surface area contributed by atoms with E-state index in [1.165, 1.54) is 12.8 Å². The zero-order valence-corrected chi connectivity index (χ0v) is 13.9. The summed E-state index contributed by atoms with van der Waals surface area (Å²) in [6.07, 6.45) is 4.52. The lowest BCUT2D eigenvalue weighted by molar-refractivity contribution is 0.0695. The Balaban J connectivity index is 1.93. The van der Waals surface area contributed by atoms with E-state index in [0.29, 0.717) is 11.5 Å². The van der Waals surface area contributed by atoms with Crippen molar-refractivity contribution in [1.29, 1.82) is 0 Å². The van der Waals surface area contributed by atoms with Gasteiger partial charge in [-0.15, -0.1) is 0 Å². The first-order valence-corrected chi connectivity index (χ1v) is 8.42. The molecule has 1 aromatic heterocycles. The number of carboxylic acid groups (broad SMARTS) is 1. The lowest BCUT2D eigenvalue weighted by atomic mass is 10.1. The molecular weight excluding hydrogens is 302 g/mol. The highest BCUT2D eigenvalue weighted by atomic mass is 16.4. The van der Waals surface area contributed by atoms with Crippen molar-refractivity contribution >= 4 is 11.7 Å². The zero-order chi connectivity index (χ0) is 17.0. The van der Waals surface area contributed by atoms with Crippen LogP contribution in [-0.2, 0) is 6.42 Å². The average molecular weight is 323 g/mol. The molecule has 2 aromatic rings. The molecule has 0 aliphatic heterocycles. The summed E-state index contributed by atoms with van der Waals surface area (Å²) in [4.78, 5) is 11.8. The molecule has 124 valence electrons. The molecular formula is C20H21NO3. The summed E-state index contributed by atoms with van der Waals surface area (Å²) in [5.74, 6) is -0.228. The van der Waals surface area contributed by atoms with Gasteiger partial charge in [-0.25, -0.2) is 4.79 Å². The molecule has 4 rings (SSSR count). The second-order valence-corrected chi connectivity index (χ2v) is 6.90. The summed E-state index contributed by atoms with van der Waals surface area (Å²) in [6, 6.07) is 7.79. The molecule has 24 heavy (non-hydrogen) atoms. The highest BCUT2D eigenvalue weighted by molar-refractivity contribution is 5.92. The van der Waals surface area contributed by atoms with Crippen molar-refractivity contribution in [3.05, 3.63) is 64.0 Å². The largest absolute Gasteiger partial charge is 0.478 e. The number of hydrogen-bond donors (Lipinski definition) is 2. The second kappa shape index (κ2) is 5.35. The van der Waals surface area contributed by atoms with Crippen molar-refractivity contribution in [2.75, 3.05) is 0 Å². The number of carboxylic acids is 1. The van der Waals surface area contributed by atoms with Gasteiger partial charge >= 0.3 is 5.97 Å². The van der Waals surface area contributed by atoms with Crippen molar-refractivity contribution in [3.8, 4) is 0 Å². The van der Waals surface area contributed by atoms with Gasteiger partial charge in [0.2, 0.25) is 0 Å². The maximum Gasteiger partial charge on any atom is 0.337 e. The van der Waals surface area contributed by atoms with Gasteiger partial charge in [0.25, 0.3) is 0 Å². The first kappa shape index (κ1) is 15.2. The first-order chi connectivity index (χ1) is 11.5. The van der Waals surface area contributed by atoms with E-state index in [-0.39, 0.29) is 0 Å². The van der Waals surface area contributed by atoms with Gasteiger partial charge in [-0.05, 0) is 56.2 Å². The van der Waals surface area contributed by atoms with Crippen molar-refractivity contribution < 1.29 is 15.0 Å². The lowest BCUT2D eigenvalue weighted by Crippen LogP contribution is -2.06.